The van der Waals surface area contributed by atoms with E-state index in [9.17, 15) is 4.79 Å². The number of para-hydroxylation sites is 1. The van der Waals surface area contributed by atoms with E-state index in [-0.39, 0.29) is 6.03 Å². The smallest absolute Gasteiger partial charge is 0.321 e. The number of aryl methyl sites for hydroxylation is 1. The molecular formula is C19H20N4O2. The largest absolute Gasteiger partial charge is 0.441 e. The van der Waals surface area contributed by atoms with Gasteiger partial charge in [0.1, 0.15) is 5.52 Å². The van der Waals surface area contributed by atoms with E-state index in [0.717, 1.165) is 29.9 Å². The van der Waals surface area contributed by atoms with Crippen LogP contribution in [-0.4, -0.2) is 42.1 Å². The third kappa shape index (κ3) is 3.28. The quantitative estimate of drug-likeness (QED) is 0.778. The lowest BCUT2D eigenvalue weighted by Crippen LogP contribution is -2.50. The molecule has 1 fully saturated rings. The van der Waals surface area contributed by atoms with Gasteiger partial charge in [0.2, 0.25) is 0 Å². The zero-order chi connectivity index (χ0) is 17.2. The molecule has 1 saturated heterocycles. The minimum atomic E-state index is -0.0766. The number of urea groups is 1. The summed E-state index contributed by atoms with van der Waals surface area (Å²) in [5.74, 6) is 0.621. The Balaban J connectivity index is 1.38. The monoisotopic (exact) mass is 336 g/mol. The van der Waals surface area contributed by atoms with Gasteiger partial charge in [-0.2, -0.15) is 0 Å². The molecule has 3 aromatic rings. The van der Waals surface area contributed by atoms with Gasteiger partial charge < -0.3 is 19.5 Å². The predicted molar refractivity (Wildman–Crippen MR) is 98.0 cm³/mol. The van der Waals surface area contributed by atoms with Gasteiger partial charge in [0, 0.05) is 44.5 Å². The number of benzene rings is 2. The fourth-order valence-electron chi connectivity index (χ4n) is 3.13. The van der Waals surface area contributed by atoms with Crippen molar-refractivity contribution in [1.29, 1.82) is 0 Å². The van der Waals surface area contributed by atoms with Crippen LogP contribution in [0.1, 0.15) is 5.89 Å². The van der Waals surface area contributed by atoms with Crippen molar-refractivity contribution in [2.45, 2.75) is 6.92 Å². The Morgan fingerprint density at radius 3 is 2.60 bits per heavy atom. The molecule has 1 aliphatic rings. The van der Waals surface area contributed by atoms with E-state index in [1.807, 2.05) is 48.2 Å². The summed E-state index contributed by atoms with van der Waals surface area (Å²) in [7, 11) is 0. The van der Waals surface area contributed by atoms with E-state index in [2.05, 4.69) is 27.3 Å². The highest BCUT2D eigenvalue weighted by Crippen LogP contribution is 2.20. The number of piperazine rings is 1. The summed E-state index contributed by atoms with van der Waals surface area (Å²) in [6.45, 7) is 4.88. The molecule has 1 aromatic heterocycles. The number of oxazole rings is 1. The molecule has 0 radical (unpaired) electrons. The fraction of sp³-hybridized carbons (Fsp3) is 0.263. The number of anilines is 2. The highest BCUT2D eigenvalue weighted by molar-refractivity contribution is 5.91. The number of nitrogens with one attached hydrogen (secondary N) is 1. The number of rotatable bonds is 2. The average molecular weight is 336 g/mol. The SMILES string of the molecule is Cc1nc2cc(NC(=O)N3CCN(c4ccccc4)CC3)ccc2o1. The molecule has 25 heavy (non-hydrogen) atoms. The van der Waals surface area contributed by atoms with Crippen molar-refractivity contribution in [2.24, 2.45) is 0 Å². The van der Waals surface area contributed by atoms with Crippen LogP contribution in [0.15, 0.2) is 52.9 Å². The van der Waals surface area contributed by atoms with E-state index in [1.165, 1.54) is 5.69 Å². The molecule has 0 aliphatic carbocycles. The number of fused-ring (bicyclic) bond motifs is 1. The number of carbonyl (C=O) groups is 1. The van der Waals surface area contributed by atoms with Gasteiger partial charge in [0.05, 0.1) is 0 Å². The van der Waals surface area contributed by atoms with Gasteiger partial charge in [-0.25, -0.2) is 9.78 Å². The maximum absolute atomic E-state index is 12.5. The van der Waals surface area contributed by atoms with Gasteiger partial charge in [-0.05, 0) is 30.3 Å². The lowest BCUT2D eigenvalue weighted by molar-refractivity contribution is 0.208. The summed E-state index contributed by atoms with van der Waals surface area (Å²) in [6, 6.07) is 15.7. The molecule has 0 bridgehead atoms. The van der Waals surface area contributed by atoms with Gasteiger partial charge in [-0.15, -0.1) is 0 Å². The topological polar surface area (TPSA) is 61.6 Å². The van der Waals surface area contributed by atoms with Crippen LogP contribution in [0, 0.1) is 6.92 Å². The van der Waals surface area contributed by atoms with Crippen LogP contribution in [0.25, 0.3) is 11.1 Å². The number of aromatic nitrogens is 1. The van der Waals surface area contributed by atoms with Crippen LogP contribution in [-0.2, 0) is 0 Å². The van der Waals surface area contributed by atoms with Gasteiger partial charge in [-0.1, -0.05) is 18.2 Å². The second kappa shape index (κ2) is 6.47. The normalized spacial score (nSPS) is 14.8. The Labute approximate surface area is 146 Å². The van der Waals surface area contributed by atoms with E-state index >= 15 is 0 Å². The number of amides is 2. The molecule has 128 valence electrons. The summed E-state index contributed by atoms with van der Waals surface area (Å²) in [4.78, 5) is 20.9. The predicted octanol–water partition coefficient (Wildman–Crippen LogP) is 3.49. The van der Waals surface area contributed by atoms with Crippen LogP contribution >= 0.6 is 0 Å². The fourth-order valence-corrected chi connectivity index (χ4v) is 3.13. The highest BCUT2D eigenvalue weighted by atomic mass is 16.3. The molecule has 0 unspecified atom stereocenters. The molecule has 1 aliphatic heterocycles. The first-order valence-electron chi connectivity index (χ1n) is 8.42. The van der Waals surface area contributed by atoms with Crippen LogP contribution in [0.4, 0.5) is 16.2 Å². The van der Waals surface area contributed by atoms with Crippen LogP contribution in [0.2, 0.25) is 0 Å². The van der Waals surface area contributed by atoms with E-state index in [0.29, 0.717) is 19.0 Å². The van der Waals surface area contributed by atoms with Crippen molar-refractivity contribution in [2.75, 3.05) is 36.4 Å². The van der Waals surface area contributed by atoms with E-state index in [4.69, 9.17) is 4.42 Å². The maximum Gasteiger partial charge on any atom is 0.321 e. The van der Waals surface area contributed by atoms with Crippen molar-refractivity contribution >= 4 is 28.5 Å². The molecule has 2 heterocycles. The molecule has 6 heteroatoms. The van der Waals surface area contributed by atoms with Crippen molar-refractivity contribution in [3.05, 3.63) is 54.4 Å². The van der Waals surface area contributed by atoms with Gasteiger partial charge in [-0.3, -0.25) is 0 Å². The first-order chi connectivity index (χ1) is 12.2. The minimum Gasteiger partial charge on any atom is -0.441 e. The number of nitrogens with zero attached hydrogens (tertiary/aromatic N) is 3. The van der Waals surface area contributed by atoms with Crippen LogP contribution < -0.4 is 10.2 Å². The summed E-state index contributed by atoms with van der Waals surface area (Å²) in [5, 5.41) is 2.95. The lowest BCUT2D eigenvalue weighted by atomic mass is 10.2. The number of hydrogen-bond acceptors (Lipinski definition) is 4. The summed E-state index contributed by atoms with van der Waals surface area (Å²) in [6.07, 6.45) is 0. The van der Waals surface area contributed by atoms with Crippen molar-refractivity contribution < 1.29 is 9.21 Å². The molecule has 4 rings (SSSR count). The Bertz CT molecular complexity index is 883. The second-order valence-electron chi connectivity index (χ2n) is 6.16. The minimum absolute atomic E-state index is 0.0766. The first-order valence-corrected chi connectivity index (χ1v) is 8.42. The number of carbonyl (C=O) groups excluding carboxylic acids is 1. The summed E-state index contributed by atoms with van der Waals surface area (Å²) in [5.41, 5.74) is 3.42. The van der Waals surface area contributed by atoms with E-state index in [1.54, 1.807) is 0 Å². The molecule has 0 saturated carbocycles. The first kappa shape index (κ1) is 15.5. The Kier molecular flexibility index (Phi) is 4.01. The zero-order valence-electron chi connectivity index (χ0n) is 14.1. The van der Waals surface area contributed by atoms with Gasteiger partial charge >= 0.3 is 6.03 Å². The standard InChI is InChI=1S/C19H20N4O2/c1-14-20-17-13-15(7-8-18(17)25-14)21-19(24)23-11-9-22(10-12-23)16-5-3-2-4-6-16/h2-8,13H,9-12H2,1H3,(H,21,24). The molecule has 1 N–H and O–H groups in total. The van der Waals surface area contributed by atoms with Crippen molar-refractivity contribution in [3.63, 3.8) is 0 Å². The van der Waals surface area contributed by atoms with Crippen molar-refractivity contribution in [1.82, 2.24) is 9.88 Å². The molecule has 0 atom stereocenters. The zero-order valence-corrected chi connectivity index (χ0v) is 14.1. The summed E-state index contributed by atoms with van der Waals surface area (Å²) >= 11 is 0. The number of hydrogen-bond donors (Lipinski definition) is 1. The molecule has 0 spiro atoms. The lowest BCUT2D eigenvalue weighted by Gasteiger charge is -2.36. The third-order valence-corrected chi connectivity index (χ3v) is 4.43. The molecular weight excluding hydrogens is 316 g/mol. The third-order valence-electron chi connectivity index (χ3n) is 4.43. The van der Waals surface area contributed by atoms with Gasteiger partial charge in [0.25, 0.3) is 0 Å². The van der Waals surface area contributed by atoms with Crippen LogP contribution in [0.3, 0.4) is 0 Å². The molecule has 2 aromatic carbocycles. The average Bonchev–Trinajstić information content (AvgIpc) is 3.02. The highest BCUT2D eigenvalue weighted by Gasteiger charge is 2.21. The Morgan fingerprint density at radius 1 is 1.08 bits per heavy atom. The molecule has 6 nitrogen and oxygen atoms in total. The van der Waals surface area contributed by atoms with Crippen LogP contribution in [0.5, 0.6) is 0 Å². The van der Waals surface area contributed by atoms with Gasteiger partial charge in [0.15, 0.2) is 11.5 Å². The Morgan fingerprint density at radius 2 is 1.84 bits per heavy atom. The van der Waals surface area contributed by atoms with E-state index < -0.39 is 0 Å². The maximum atomic E-state index is 12.5. The second-order valence-corrected chi connectivity index (χ2v) is 6.16. The molecule has 2 amide bonds. The van der Waals surface area contributed by atoms with Crippen molar-refractivity contribution in [3.8, 4) is 0 Å². The Hall–Kier alpha value is -3.02. The summed E-state index contributed by atoms with van der Waals surface area (Å²) < 4.78 is 5.46.